The van der Waals surface area contributed by atoms with E-state index in [4.69, 9.17) is 0 Å². The number of hydrogen-bond acceptors (Lipinski definition) is 0. The van der Waals surface area contributed by atoms with Crippen molar-refractivity contribution in [1.82, 2.24) is 0 Å². The molecule has 0 amide bonds. The van der Waals surface area contributed by atoms with E-state index in [9.17, 15) is 8.78 Å². The van der Waals surface area contributed by atoms with Crippen LogP contribution in [-0.4, -0.2) is 0 Å². The zero-order chi connectivity index (χ0) is 11.7. The molecule has 0 aliphatic rings. The van der Waals surface area contributed by atoms with Gasteiger partial charge in [0, 0.05) is 11.6 Å². The van der Waals surface area contributed by atoms with Gasteiger partial charge in [0.1, 0.15) is 0 Å². The van der Waals surface area contributed by atoms with Crippen molar-refractivity contribution in [2.75, 3.05) is 0 Å². The first-order valence-corrected chi connectivity index (χ1v) is 4.94. The molecular formula is C14H10F2W. The predicted molar refractivity (Wildman–Crippen MR) is 58.9 cm³/mol. The molecule has 2 aromatic carbocycles. The van der Waals surface area contributed by atoms with Gasteiger partial charge in [-0.2, -0.15) is 36.4 Å². The number of rotatable bonds is 1. The minimum Gasteiger partial charge on any atom is -0.229 e. The van der Waals surface area contributed by atoms with Gasteiger partial charge in [0.2, 0.25) is 0 Å². The third-order valence-corrected chi connectivity index (χ3v) is 2.46. The van der Waals surface area contributed by atoms with Gasteiger partial charge in [0.25, 0.3) is 0 Å². The first-order chi connectivity index (χ1) is 7.58. The second kappa shape index (κ2) is 5.55. The molecule has 17 heavy (non-hydrogen) atoms. The summed E-state index contributed by atoms with van der Waals surface area (Å²) in [5.41, 5.74) is 2.08. The van der Waals surface area contributed by atoms with Gasteiger partial charge in [-0.05, 0) is 0 Å². The quantitative estimate of drug-likeness (QED) is 0.639. The van der Waals surface area contributed by atoms with Crippen molar-refractivity contribution in [3.63, 3.8) is 0 Å². The van der Waals surface area contributed by atoms with Crippen LogP contribution in [0.5, 0.6) is 0 Å². The zero-order valence-corrected chi connectivity index (χ0v) is 12.4. The van der Waals surface area contributed by atoms with Gasteiger partial charge >= 0.3 is 21.1 Å². The summed E-state index contributed by atoms with van der Waals surface area (Å²) in [5, 5.41) is 0. The third-order valence-electron chi connectivity index (χ3n) is 2.46. The Labute approximate surface area is 114 Å². The van der Waals surface area contributed by atoms with Gasteiger partial charge in [0.15, 0.2) is 0 Å². The molecule has 0 saturated carbocycles. The van der Waals surface area contributed by atoms with E-state index in [1.54, 1.807) is 12.1 Å². The Hall–Kier alpha value is -1.01. The van der Waals surface area contributed by atoms with Crippen LogP contribution < -0.4 is 0 Å². The Morgan fingerprint density at radius 2 is 1.76 bits per heavy atom. The summed E-state index contributed by atoms with van der Waals surface area (Å²) < 4.78 is 26.6. The molecule has 3 heteroatoms. The van der Waals surface area contributed by atoms with Crippen LogP contribution in [0.3, 0.4) is 0 Å². The molecule has 0 unspecified atom stereocenters. The van der Waals surface area contributed by atoms with Crippen molar-refractivity contribution in [1.29, 1.82) is 0 Å². The molecule has 0 aromatic heterocycles. The molecule has 86 valence electrons. The number of aryl methyl sites for hydroxylation is 1. The molecule has 0 spiro atoms. The monoisotopic (exact) mass is 400 g/mol. The molecule has 0 aliphatic heterocycles. The Kier molecular flexibility index (Phi) is 4.59. The maximum atomic E-state index is 13.3. The molecular weight excluding hydrogens is 390 g/mol. The summed E-state index contributed by atoms with van der Waals surface area (Å²) in [4.78, 5) is 0. The van der Waals surface area contributed by atoms with Crippen LogP contribution in [0.25, 0.3) is 11.1 Å². The first kappa shape index (κ1) is 14.1. The van der Waals surface area contributed by atoms with Crippen LogP contribution in [-0.2, 0) is 21.1 Å². The van der Waals surface area contributed by atoms with Crippen molar-refractivity contribution >= 4 is 0 Å². The molecule has 0 bridgehead atoms. The van der Waals surface area contributed by atoms with Gasteiger partial charge in [-0.1, -0.05) is 19.4 Å². The number of benzene rings is 2. The summed E-state index contributed by atoms with van der Waals surface area (Å²) in [7, 11) is 0. The van der Waals surface area contributed by atoms with Crippen molar-refractivity contribution in [3.8, 4) is 11.1 Å². The third kappa shape index (κ3) is 3.01. The van der Waals surface area contributed by atoms with E-state index in [2.05, 4.69) is 12.1 Å². The molecule has 0 atom stereocenters. The zero-order valence-electron chi connectivity index (χ0n) is 9.47. The largest absolute Gasteiger partial charge is 2.00 e. The van der Waals surface area contributed by atoms with E-state index >= 15 is 0 Å². The van der Waals surface area contributed by atoms with Crippen LogP contribution in [0.1, 0.15) is 11.1 Å². The number of halogens is 2. The molecule has 0 N–H and O–H groups in total. The standard InChI is InChI=1S/C14H10F2.W/c1-9-3-5-11(6-4-9)12-7-13(15)10(2)14(16)8-12;/h3-5,7H,1-2H3;/q-2;+2. The van der Waals surface area contributed by atoms with Crippen LogP contribution in [0.2, 0.25) is 0 Å². The van der Waals surface area contributed by atoms with E-state index in [1.165, 1.54) is 13.0 Å². The summed E-state index contributed by atoms with van der Waals surface area (Å²) in [5.74, 6) is -1.20. The second-order valence-corrected chi connectivity index (χ2v) is 3.75. The van der Waals surface area contributed by atoms with Crippen LogP contribution in [0, 0.1) is 37.6 Å². The first-order valence-electron chi connectivity index (χ1n) is 4.94. The van der Waals surface area contributed by atoms with Gasteiger partial charge < -0.3 is 0 Å². The molecule has 0 nitrogen and oxygen atoms in total. The molecule has 0 saturated heterocycles. The molecule has 0 fully saturated rings. The molecule has 0 aliphatic carbocycles. The van der Waals surface area contributed by atoms with Crippen molar-refractivity contribution in [3.05, 3.63) is 59.2 Å². The van der Waals surface area contributed by atoms with E-state index in [1.807, 2.05) is 13.0 Å². The van der Waals surface area contributed by atoms with Gasteiger partial charge in [0.05, 0.1) is 0 Å². The fraction of sp³-hybridized carbons (Fsp3) is 0.143. The van der Waals surface area contributed by atoms with Gasteiger partial charge in [-0.3, -0.25) is 0 Å². The van der Waals surface area contributed by atoms with Crippen LogP contribution in [0.15, 0.2) is 24.3 Å². The maximum Gasteiger partial charge on any atom is 2.00 e. The summed E-state index contributed by atoms with van der Waals surface area (Å²) in [6.45, 7) is 3.32. The van der Waals surface area contributed by atoms with Gasteiger partial charge in [-0.25, -0.2) is 19.9 Å². The Morgan fingerprint density at radius 1 is 1.06 bits per heavy atom. The number of hydrogen-bond donors (Lipinski definition) is 0. The summed E-state index contributed by atoms with van der Waals surface area (Å²) >= 11 is 0. The van der Waals surface area contributed by atoms with E-state index < -0.39 is 11.6 Å². The Balaban J connectivity index is 0.00000144. The predicted octanol–water partition coefficient (Wildman–Crippen LogP) is 3.85. The van der Waals surface area contributed by atoms with E-state index in [0.29, 0.717) is 11.1 Å². The minimum absolute atomic E-state index is 0. The molecule has 0 radical (unpaired) electrons. The topological polar surface area (TPSA) is 0 Å². The van der Waals surface area contributed by atoms with Crippen molar-refractivity contribution in [2.45, 2.75) is 13.8 Å². The fourth-order valence-electron chi connectivity index (χ4n) is 1.40. The minimum atomic E-state index is -0.649. The van der Waals surface area contributed by atoms with Gasteiger partial charge in [-0.15, -0.1) is 5.56 Å². The smallest absolute Gasteiger partial charge is 0.229 e. The van der Waals surface area contributed by atoms with Crippen LogP contribution >= 0.6 is 0 Å². The normalized spacial score (nSPS) is 9.88. The van der Waals surface area contributed by atoms with Crippen molar-refractivity contribution in [2.24, 2.45) is 0 Å². The van der Waals surface area contributed by atoms with Crippen LogP contribution in [0.4, 0.5) is 8.78 Å². The van der Waals surface area contributed by atoms with Crippen molar-refractivity contribution < 1.29 is 29.8 Å². The molecule has 0 heterocycles. The molecule has 2 aromatic rings. The van der Waals surface area contributed by atoms with E-state index in [-0.39, 0.29) is 26.6 Å². The SMILES string of the molecule is Cc1c[c-]c(-c2[c-]c(F)c(C)c(F)c2)cc1.[W+2]. The molecule has 2 rings (SSSR count). The maximum absolute atomic E-state index is 13.3. The van der Waals surface area contributed by atoms with E-state index in [0.717, 1.165) is 5.56 Å². The Morgan fingerprint density at radius 3 is 2.29 bits per heavy atom. The second-order valence-electron chi connectivity index (χ2n) is 3.75. The fourth-order valence-corrected chi connectivity index (χ4v) is 1.40. The average Bonchev–Trinajstić information content (AvgIpc) is 2.26. The Bertz CT molecular complexity index is 495. The summed E-state index contributed by atoms with van der Waals surface area (Å²) in [6.07, 6.45) is 0. The summed E-state index contributed by atoms with van der Waals surface area (Å²) in [6, 6.07) is 12.2. The average molecular weight is 400 g/mol.